The van der Waals surface area contributed by atoms with Gasteiger partial charge in [0.15, 0.2) is 0 Å². The van der Waals surface area contributed by atoms with Crippen molar-refractivity contribution in [3.05, 3.63) is 18.5 Å². The Morgan fingerprint density at radius 2 is 1.80 bits per heavy atom. The van der Waals surface area contributed by atoms with E-state index in [0.29, 0.717) is 6.54 Å². The Labute approximate surface area is 120 Å². The van der Waals surface area contributed by atoms with E-state index in [2.05, 4.69) is 41.0 Å². The standard InChI is InChI=1S/C14H23N5O/c1-14(2,3)17-11-12(20)18-7-9-19(10-8-18)13-15-5-4-6-16-13/h4-6,17H,7-11H2,1-3H3. The summed E-state index contributed by atoms with van der Waals surface area (Å²) in [4.78, 5) is 24.6. The molecular weight excluding hydrogens is 254 g/mol. The molecule has 1 aliphatic heterocycles. The summed E-state index contributed by atoms with van der Waals surface area (Å²) in [6, 6.07) is 1.81. The van der Waals surface area contributed by atoms with Crippen LogP contribution in [0.2, 0.25) is 0 Å². The molecule has 0 radical (unpaired) electrons. The van der Waals surface area contributed by atoms with Crippen LogP contribution in [0, 0.1) is 0 Å². The normalized spacial score (nSPS) is 16.4. The lowest BCUT2D eigenvalue weighted by molar-refractivity contribution is -0.130. The van der Waals surface area contributed by atoms with Gasteiger partial charge in [-0.15, -0.1) is 0 Å². The molecule has 1 amide bonds. The van der Waals surface area contributed by atoms with Crippen molar-refractivity contribution in [3.63, 3.8) is 0 Å². The van der Waals surface area contributed by atoms with E-state index in [1.165, 1.54) is 0 Å². The Hall–Kier alpha value is -1.69. The van der Waals surface area contributed by atoms with Crippen LogP contribution in [0.4, 0.5) is 5.95 Å². The highest BCUT2D eigenvalue weighted by molar-refractivity contribution is 5.78. The third-order valence-electron chi connectivity index (χ3n) is 3.24. The largest absolute Gasteiger partial charge is 0.338 e. The van der Waals surface area contributed by atoms with E-state index in [0.717, 1.165) is 32.1 Å². The van der Waals surface area contributed by atoms with Crippen LogP contribution in [0.15, 0.2) is 18.5 Å². The van der Waals surface area contributed by atoms with E-state index in [1.807, 2.05) is 4.90 Å². The van der Waals surface area contributed by atoms with Gasteiger partial charge >= 0.3 is 0 Å². The molecule has 1 aromatic rings. The van der Waals surface area contributed by atoms with Gasteiger partial charge in [0.1, 0.15) is 0 Å². The summed E-state index contributed by atoms with van der Waals surface area (Å²) < 4.78 is 0. The Morgan fingerprint density at radius 1 is 1.20 bits per heavy atom. The summed E-state index contributed by atoms with van der Waals surface area (Å²) >= 11 is 0. The first-order valence-corrected chi connectivity index (χ1v) is 7.00. The third-order valence-corrected chi connectivity index (χ3v) is 3.24. The molecule has 0 unspecified atom stereocenters. The number of anilines is 1. The first kappa shape index (κ1) is 14.7. The monoisotopic (exact) mass is 277 g/mol. The van der Waals surface area contributed by atoms with Crippen molar-refractivity contribution in [2.75, 3.05) is 37.6 Å². The molecule has 1 N–H and O–H groups in total. The number of nitrogens with zero attached hydrogens (tertiary/aromatic N) is 4. The number of amides is 1. The van der Waals surface area contributed by atoms with Gasteiger partial charge in [0.05, 0.1) is 6.54 Å². The Bertz CT molecular complexity index is 435. The molecule has 0 saturated carbocycles. The minimum absolute atomic E-state index is 0.0324. The summed E-state index contributed by atoms with van der Waals surface area (Å²) in [5, 5.41) is 3.23. The molecule has 2 heterocycles. The van der Waals surface area contributed by atoms with Crippen LogP contribution in [-0.4, -0.2) is 59.0 Å². The smallest absolute Gasteiger partial charge is 0.236 e. The number of rotatable bonds is 3. The SMILES string of the molecule is CC(C)(C)NCC(=O)N1CCN(c2ncccn2)CC1. The van der Waals surface area contributed by atoms with Crippen LogP contribution in [0.25, 0.3) is 0 Å². The first-order chi connectivity index (χ1) is 9.46. The topological polar surface area (TPSA) is 61.4 Å². The molecule has 6 nitrogen and oxygen atoms in total. The van der Waals surface area contributed by atoms with Crippen molar-refractivity contribution < 1.29 is 4.79 Å². The predicted molar refractivity (Wildman–Crippen MR) is 78.6 cm³/mol. The molecule has 1 fully saturated rings. The van der Waals surface area contributed by atoms with Gasteiger partial charge in [0.2, 0.25) is 11.9 Å². The second kappa shape index (κ2) is 6.17. The molecule has 0 bridgehead atoms. The molecule has 0 aromatic carbocycles. The Morgan fingerprint density at radius 3 is 2.35 bits per heavy atom. The maximum atomic E-state index is 12.1. The predicted octanol–water partition coefficient (Wildman–Crippen LogP) is 0.513. The number of nitrogens with one attached hydrogen (secondary N) is 1. The van der Waals surface area contributed by atoms with Gasteiger partial charge in [-0.3, -0.25) is 4.79 Å². The maximum absolute atomic E-state index is 12.1. The average molecular weight is 277 g/mol. The van der Waals surface area contributed by atoms with Crippen LogP contribution in [-0.2, 0) is 4.79 Å². The van der Waals surface area contributed by atoms with Gasteiger partial charge in [-0.25, -0.2) is 9.97 Å². The second-order valence-corrected chi connectivity index (χ2v) is 6.02. The van der Waals surface area contributed by atoms with Crippen LogP contribution in [0.5, 0.6) is 0 Å². The van der Waals surface area contributed by atoms with Crippen molar-refractivity contribution in [2.24, 2.45) is 0 Å². The van der Waals surface area contributed by atoms with Gasteiger partial charge in [-0.05, 0) is 26.8 Å². The van der Waals surface area contributed by atoms with E-state index in [9.17, 15) is 4.79 Å². The molecule has 0 atom stereocenters. The zero-order chi connectivity index (χ0) is 14.6. The summed E-state index contributed by atoms with van der Waals surface area (Å²) in [5.74, 6) is 0.904. The summed E-state index contributed by atoms with van der Waals surface area (Å²) in [6.45, 7) is 9.59. The summed E-state index contributed by atoms with van der Waals surface area (Å²) in [7, 11) is 0. The Kier molecular flexibility index (Phi) is 4.54. The molecule has 2 rings (SSSR count). The highest BCUT2D eigenvalue weighted by atomic mass is 16.2. The molecule has 20 heavy (non-hydrogen) atoms. The van der Waals surface area contributed by atoms with Gasteiger partial charge < -0.3 is 15.1 Å². The highest BCUT2D eigenvalue weighted by Gasteiger charge is 2.23. The number of piperazine rings is 1. The zero-order valence-electron chi connectivity index (χ0n) is 12.5. The third kappa shape index (κ3) is 4.16. The van der Waals surface area contributed by atoms with Gasteiger partial charge in [0.25, 0.3) is 0 Å². The highest BCUT2D eigenvalue weighted by Crippen LogP contribution is 2.09. The fourth-order valence-corrected chi connectivity index (χ4v) is 2.06. The summed E-state index contributed by atoms with van der Waals surface area (Å²) in [6.07, 6.45) is 3.49. The molecule has 0 aliphatic carbocycles. The van der Waals surface area contributed by atoms with Crippen molar-refractivity contribution in [3.8, 4) is 0 Å². The number of carbonyl (C=O) groups is 1. The minimum Gasteiger partial charge on any atom is -0.338 e. The number of carbonyl (C=O) groups excluding carboxylic acids is 1. The van der Waals surface area contributed by atoms with Gasteiger partial charge in [0, 0.05) is 44.1 Å². The molecule has 0 spiro atoms. The fraction of sp³-hybridized carbons (Fsp3) is 0.643. The van der Waals surface area contributed by atoms with Gasteiger partial charge in [-0.2, -0.15) is 0 Å². The van der Waals surface area contributed by atoms with Crippen LogP contribution >= 0.6 is 0 Å². The first-order valence-electron chi connectivity index (χ1n) is 7.00. The van der Waals surface area contributed by atoms with Gasteiger partial charge in [-0.1, -0.05) is 0 Å². The maximum Gasteiger partial charge on any atom is 0.236 e. The van der Waals surface area contributed by atoms with Crippen molar-refractivity contribution in [1.82, 2.24) is 20.2 Å². The lowest BCUT2D eigenvalue weighted by Gasteiger charge is -2.35. The van der Waals surface area contributed by atoms with E-state index in [1.54, 1.807) is 18.5 Å². The average Bonchev–Trinajstić information content (AvgIpc) is 2.45. The zero-order valence-corrected chi connectivity index (χ0v) is 12.5. The van der Waals surface area contributed by atoms with Crippen LogP contribution in [0.1, 0.15) is 20.8 Å². The quantitative estimate of drug-likeness (QED) is 0.872. The molecule has 1 aliphatic rings. The molecule has 1 saturated heterocycles. The van der Waals surface area contributed by atoms with E-state index in [4.69, 9.17) is 0 Å². The molecular formula is C14H23N5O. The van der Waals surface area contributed by atoms with E-state index < -0.39 is 0 Å². The van der Waals surface area contributed by atoms with Crippen molar-refractivity contribution in [2.45, 2.75) is 26.3 Å². The fourth-order valence-electron chi connectivity index (χ4n) is 2.06. The summed E-state index contributed by atoms with van der Waals surface area (Å²) in [5.41, 5.74) is -0.0324. The minimum atomic E-state index is -0.0324. The lowest BCUT2D eigenvalue weighted by Crippen LogP contribution is -2.52. The molecule has 110 valence electrons. The number of hydrogen-bond donors (Lipinski definition) is 1. The van der Waals surface area contributed by atoms with E-state index in [-0.39, 0.29) is 11.4 Å². The van der Waals surface area contributed by atoms with Crippen molar-refractivity contribution in [1.29, 1.82) is 0 Å². The second-order valence-electron chi connectivity index (χ2n) is 6.02. The molecule has 1 aromatic heterocycles. The number of aromatic nitrogens is 2. The lowest BCUT2D eigenvalue weighted by atomic mass is 10.1. The molecule has 6 heteroatoms. The number of hydrogen-bond acceptors (Lipinski definition) is 5. The van der Waals surface area contributed by atoms with Crippen LogP contribution in [0.3, 0.4) is 0 Å². The van der Waals surface area contributed by atoms with Crippen molar-refractivity contribution >= 4 is 11.9 Å². The van der Waals surface area contributed by atoms with E-state index >= 15 is 0 Å². The Balaban J connectivity index is 1.81. The van der Waals surface area contributed by atoms with Crippen LogP contribution < -0.4 is 10.2 Å².